The minimum Gasteiger partial charge on any atom is -0.489 e. The lowest BCUT2D eigenvalue weighted by Crippen LogP contribution is -2.00. The Labute approximate surface area is 99.3 Å². The number of hydrogen-bond donors (Lipinski definition) is 0. The molecule has 1 aromatic carbocycles. The van der Waals surface area contributed by atoms with Gasteiger partial charge in [0, 0.05) is 17.5 Å². The third-order valence-corrected chi connectivity index (χ3v) is 2.41. The summed E-state index contributed by atoms with van der Waals surface area (Å²) in [7, 11) is 0. The summed E-state index contributed by atoms with van der Waals surface area (Å²) >= 11 is 0. The molecule has 2 aromatic rings. The summed E-state index contributed by atoms with van der Waals surface area (Å²) in [5.74, 6) is 0.675. The van der Waals surface area contributed by atoms with Crippen molar-refractivity contribution in [1.29, 1.82) is 0 Å². The van der Waals surface area contributed by atoms with Gasteiger partial charge in [-0.15, -0.1) is 0 Å². The maximum absolute atomic E-state index is 11.3. The molecule has 0 spiro atoms. The number of rotatable bonds is 3. The maximum atomic E-state index is 11.3. The molecule has 0 radical (unpaired) electrons. The van der Waals surface area contributed by atoms with Crippen molar-refractivity contribution < 1.29 is 9.15 Å². The van der Waals surface area contributed by atoms with Gasteiger partial charge in [0.1, 0.15) is 17.9 Å². The topological polar surface area (TPSA) is 39.4 Å². The van der Waals surface area contributed by atoms with Crippen molar-refractivity contribution >= 4 is 11.0 Å². The first-order valence-corrected chi connectivity index (χ1v) is 5.38. The molecular weight excluding hydrogens is 216 g/mol. The molecule has 0 atom stereocenters. The van der Waals surface area contributed by atoms with E-state index in [1.54, 1.807) is 6.07 Å². The Morgan fingerprint density at radius 3 is 2.88 bits per heavy atom. The quantitative estimate of drug-likeness (QED) is 0.601. The first kappa shape index (κ1) is 11.5. The predicted octanol–water partition coefficient (Wildman–Crippen LogP) is 3.06. The maximum Gasteiger partial charge on any atom is 0.336 e. The molecule has 1 heterocycles. The molecular formula is C14H14O3. The number of benzene rings is 1. The SMILES string of the molecule is C=C(C)COc1ccc2c(C)cc(=O)oc2c1. The normalized spacial score (nSPS) is 10.5. The fraction of sp³-hybridized carbons (Fsp3) is 0.214. The molecule has 3 nitrogen and oxygen atoms in total. The van der Waals surface area contributed by atoms with E-state index in [-0.39, 0.29) is 5.63 Å². The van der Waals surface area contributed by atoms with E-state index in [4.69, 9.17) is 9.15 Å². The molecule has 17 heavy (non-hydrogen) atoms. The predicted molar refractivity (Wildman–Crippen MR) is 67.5 cm³/mol. The molecule has 0 amide bonds. The van der Waals surface area contributed by atoms with E-state index in [1.807, 2.05) is 26.0 Å². The van der Waals surface area contributed by atoms with Gasteiger partial charge in [0.25, 0.3) is 0 Å². The van der Waals surface area contributed by atoms with Crippen LogP contribution in [0.2, 0.25) is 0 Å². The zero-order chi connectivity index (χ0) is 12.4. The van der Waals surface area contributed by atoms with Crippen molar-refractivity contribution in [2.75, 3.05) is 6.61 Å². The Morgan fingerprint density at radius 1 is 1.41 bits per heavy atom. The van der Waals surface area contributed by atoms with E-state index in [2.05, 4.69) is 6.58 Å². The number of fused-ring (bicyclic) bond motifs is 1. The Morgan fingerprint density at radius 2 is 2.18 bits per heavy atom. The lowest BCUT2D eigenvalue weighted by molar-refractivity contribution is 0.352. The Bertz CT molecular complexity index is 623. The minimum atomic E-state index is -0.341. The number of aryl methyl sites for hydroxylation is 1. The fourth-order valence-electron chi connectivity index (χ4n) is 1.60. The van der Waals surface area contributed by atoms with Crippen LogP contribution in [0.1, 0.15) is 12.5 Å². The van der Waals surface area contributed by atoms with E-state index in [0.717, 1.165) is 16.5 Å². The van der Waals surface area contributed by atoms with E-state index >= 15 is 0 Å². The van der Waals surface area contributed by atoms with E-state index in [1.165, 1.54) is 6.07 Å². The second-order valence-electron chi connectivity index (χ2n) is 4.15. The van der Waals surface area contributed by atoms with Gasteiger partial charge in [-0.05, 0) is 37.1 Å². The Kier molecular flexibility index (Phi) is 3.00. The summed E-state index contributed by atoms with van der Waals surface area (Å²) in [6.45, 7) is 8.00. The van der Waals surface area contributed by atoms with Gasteiger partial charge in [-0.25, -0.2) is 4.79 Å². The second kappa shape index (κ2) is 4.45. The van der Waals surface area contributed by atoms with Crippen LogP contribution in [0.3, 0.4) is 0 Å². The number of ether oxygens (including phenoxy) is 1. The highest BCUT2D eigenvalue weighted by Crippen LogP contribution is 2.22. The van der Waals surface area contributed by atoms with Gasteiger partial charge in [0.2, 0.25) is 0 Å². The summed E-state index contributed by atoms with van der Waals surface area (Å²) in [6, 6.07) is 6.96. The van der Waals surface area contributed by atoms with Crippen LogP contribution in [-0.4, -0.2) is 6.61 Å². The third kappa shape index (κ3) is 2.56. The van der Waals surface area contributed by atoms with Gasteiger partial charge in [-0.2, -0.15) is 0 Å². The highest BCUT2D eigenvalue weighted by Gasteiger charge is 2.03. The Hall–Kier alpha value is -2.03. The average molecular weight is 230 g/mol. The van der Waals surface area contributed by atoms with Crippen molar-refractivity contribution in [3.63, 3.8) is 0 Å². The summed E-state index contributed by atoms with van der Waals surface area (Å²) in [5, 5.41) is 0.923. The Balaban J connectivity index is 2.43. The highest BCUT2D eigenvalue weighted by atomic mass is 16.5. The molecule has 3 heteroatoms. The first-order chi connectivity index (χ1) is 8.06. The summed E-state index contributed by atoms with van der Waals surface area (Å²) in [5.41, 5.74) is 2.06. The molecule has 0 bridgehead atoms. The van der Waals surface area contributed by atoms with Gasteiger partial charge in [-0.1, -0.05) is 6.58 Å². The number of hydrogen-bond acceptors (Lipinski definition) is 3. The highest BCUT2D eigenvalue weighted by molar-refractivity contribution is 5.81. The van der Waals surface area contributed by atoms with E-state index in [0.29, 0.717) is 17.9 Å². The van der Waals surface area contributed by atoms with Crippen molar-refractivity contribution in [3.8, 4) is 5.75 Å². The summed E-state index contributed by atoms with van der Waals surface area (Å²) < 4.78 is 10.6. The van der Waals surface area contributed by atoms with Gasteiger partial charge in [-0.3, -0.25) is 0 Å². The summed E-state index contributed by atoms with van der Waals surface area (Å²) in [6.07, 6.45) is 0. The monoisotopic (exact) mass is 230 g/mol. The summed E-state index contributed by atoms with van der Waals surface area (Å²) in [4.78, 5) is 11.3. The van der Waals surface area contributed by atoms with Crippen molar-refractivity contribution in [3.05, 3.63) is 52.4 Å². The molecule has 0 fully saturated rings. The molecule has 1 aromatic heterocycles. The van der Waals surface area contributed by atoms with Crippen LogP contribution in [0.25, 0.3) is 11.0 Å². The van der Waals surface area contributed by atoms with Gasteiger partial charge in [0.05, 0.1) is 0 Å². The third-order valence-electron chi connectivity index (χ3n) is 2.41. The molecule has 0 saturated carbocycles. The smallest absolute Gasteiger partial charge is 0.336 e. The van der Waals surface area contributed by atoms with E-state index < -0.39 is 0 Å². The average Bonchev–Trinajstić information content (AvgIpc) is 2.25. The van der Waals surface area contributed by atoms with Gasteiger partial charge < -0.3 is 9.15 Å². The molecule has 0 aliphatic rings. The van der Waals surface area contributed by atoms with Crippen LogP contribution in [0.4, 0.5) is 0 Å². The lowest BCUT2D eigenvalue weighted by Gasteiger charge is -2.07. The van der Waals surface area contributed by atoms with Crippen LogP contribution in [-0.2, 0) is 0 Å². The van der Waals surface area contributed by atoms with Crippen LogP contribution in [0.5, 0.6) is 5.75 Å². The van der Waals surface area contributed by atoms with Crippen molar-refractivity contribution in [2.45, 2.75) is 13.8 Å². The van der Waals surface area contributed by atoms with E-state index in [9.17, 15) is 4.79 Å². The molecule has 2 rings (SSSR count). The van der Waals surface area contributed by atoms with Crippen LogP contribution in [0.15, 0.2) is 45.6 Å². The zero-order valence-electron chi connectivity index (χ0n) is 9.95. The standard InChI is InChI=1S/C14H14O3/c1-9(2)8-16-11-4-5-12-10(3)6-14(15)17-13(12)7-11/h4-7H,1,8H2,2-3H3. The molecule has 88 valence electrons. The van der Waals surface area contributed by atoms with Crippen LogP contribution < -0.4 is 10.4 Å². The van der Waals surface area contributed by atoms with Gasteiger partial charge >= 0.3 is 5.63 Å². The second-order valence-corrected chi connectivity index (χ2v) is 4.15. The molecule has 0 aliphatic carbocycles. The fourth-order valence-corrected chi connectivity index (χ4v) is 1.60. The molecule has 0 unspecified atom stereocenters. The van der Waals surface area contributed by atoms with Crippen molar-refractivity contribution in [1.82, 2.24) is 0 Å². The van der Waals surface area contributed by atoms with Crippen LogP contribution >= 0.6 is 0 Å². The molecule has 0 aliphatic heterocycles. The molecule has 0 saturated heterocycles. The largest absolute Gasteiger partial charge is 0.489 e. The zero-order valence-corrected chi connectivity index (χ0v) is 9.95. The van der Waals surface area contributed by atoms with Gasteiger partial charge in [0.15, 0.2) is 0 Å². The first-order valence-electron chi connectivity index (χ1n) is 5.38. The molecule has 0 N–H and O–H groups in total. The van der Waals surface area contributed by atoms with Crippen molar-refractivity contribution in [2.24, 2.45) is 0 Å². The van der Waals surface area contributed by atoms with Crippen LogP contribution in [0, 0.1) is 6.92 Å². The minimum absolute atomic E-state index is 0.341. The lowest BCUT2D eigenvalue weighted by atomic mass is 10.1.